The second-order valence-corrected chi connectivity index (χ2v) is 7.49. The normalized spacial score (nSPS) is 12.8. The molecule has 0 radical (unpaired) electrons. The summed E-state index contributed by atoms with van der Waals surface area (Å²) in [5, 5.41) is 8.70. The highest BCUT2D eigenvalue weighted by atomic mass is 32.2. The summed E-state index contributed by atoms with van der Waals surface area (Å²) in [4.78, 5) is 11.6. The predicted octanol–water partition coefficient (Wildman–Crippen LogP) is 5.69. The first-order valence-electron chi connectivity index (χ1n) is 9.24. The number of halogens is 3. The third-order valence-electron chi connectivity index (χ3n) is 4.03. The molecule has 0 saturated heterocycles. The molecule has 0 aliphatic carbocycles. The van der Waals surface area contributed by atoms with E-state index in [-0.39, 0.29) is 6.10 Å². The van der Waals surface area contributed by atoms with Gasteiger partial charge >= 0.3 is 12.1 Å². The van der Waals surface area contributed by atoms with Gasteiger partial charge in [0.25, 0.3) is 0 Å². The van der Waals surface area contributed by atoms with Crippen molar-refractivity contribution in [3.63, 3.8) is 0 Å². The highest BCUT2D eigenvalue weighted by Gasteiger charge is 2.29. The summed E-state index contributed by atoms with van der Waals surface area (Å²) >= 11 is 1.56. The number of hydrogen-bond donors (Lipinski definition) is 1. The van der Waals surface area contributed by atoms with Gasteiger partial charge in [0.05, 0.1) is 11.7 Å². The Balaban J connectivity index is 1.97. The molecule has 0 aromatic heterocycles. The Morgan fingerprint density at radius 2 is 1.90 bits per heavy atom. The summed E-state index contributed by atoms with van der Waals surface area (Å²) in [6.45, 7) is 3.83. The Kier molecular flexibility index (Phi) is 8.80. The quantitative estimate of drug-likeness (QED) is 0.481. The van der Waals surface area contributed by atoms with Crippen molar-refractivity contribution in [2.45, 2.75) is 31.0 Å². The Hall–Kier alpha value is -2.45. The van der Waals surface area contributed by atoms with E-state index >= 15 is 0 Å². The Labute approximate surface area is 177 Å². The lowest BCUT2D eigenvalue weighted by Gasteiger charge is -2.14. The number of alkyl halides is 3. The maximum Gasteiger partial charge on any atom is 0.416 e. The number of benzene rings is 2. The van der Waals surface area contributed by atoms with E-state index in [0.29, 0.717) is 23.7 Å². The lowest BCUT2D eigenvalue weighted by Crippen LogP contribution is -2.12. The van der Waals surface area contributed by atoms with Crippen molar-refractivity contribution in [1.82, 2.24) is 0 Å². The van der Waals surface area contributed by atoms with Gasteiger partial charge in [-0.05, 0) is 55.3 Å². The molecule has 0 spiro atoms. The first-order chi connectivity index (χ1) is 14.2. The average molecular weight is 440 g/mol. The summed E-state index contributed by atoms with van der Waals surface area (Å²) in [6.07, 6.45) is -0.990. The maximum atomic E-state index is 12.7. The minimum atomic E-state index is -4.35. The topological polar surface area (TPSA) is 55.8 Å². The predicted molar refractivity (Wildman–Crippen MR) is 111 cm³/mol. The van der Waals surface area contributed by atoms with Crippen LogP contribution in [0.2, 0.25) is 0 Å². The molecule has 0 bridgehead atoms. The second-order valence-electron chi connectivity index (χ2n) is 6.39. The summed E-state index contributed by atoms with van der Waals surface area (Å²) in [5.74, 6) is 0.0947. The number of carboxylic acid groups (broad SMARTS) is 1. The number of rotatable bonds is 10. The van der Waals surface area contributed by atoms with Gasteiger partial charge < -0.3 is 14.6 Å². The summed E-state index contributed by atoms with van der Waals surface area (Å²) in [7, 11) is 0. The molecule has 0 aliphatic heterocycles. The van der Waals surface area contributed by atoms with Gasteiger partial charge in [-0.25, -0.2) is 4.79 Å². The molecule has 2 aromatic rings. The smallest absolute Gasteiger partial charge is 0.416 e. The molecular weight excluding hydrogens is 417 g/mol. The van der Waals surface area contributed by atoms with E-state index in [1.165, 1.54) is 12.1 Å². The first kappa shape index (κ1) is 23.8. The molecule has 0 amide bonds. The molecule has 1 atom stereocenters. The van der Waals surface area contributed by atoms with Gasteiger partial charge in [0.15, 0.2) is 6.61 Å². The minimum Gasteiger partial charge on any atom is -0.482 e. The molecule has 1 N–H and O–H groups in total. The van der Waals surface area contributed by atoms with Crippen LogP contribution >= 0.6 is 11.8 Å². The van der Waals surface area contributed by atoms with E-state index < -0.39 is 24.3 Å². The Morgan fingerprint density at radius 1 is 1.20 bits per heavy atom. The van der Waals surface area contributed by atoms with Crippen LogP contribution in [0.4, 0.5) is 13.2 Å². The third kappa shape index (κ3) is 7.76. The zero-order valence-corrected chi connectivity index (χ0v) is 17.4. The largest absolute Gasteiger partial charge is 0.482 e. The highest BCUT2D eigenvalue weighted by Crippen LogP contribution is 2.29. The molecule has 0 heterocycles. The van der Waals surface area contributed by atoms with E-state index in [0.717, 1.165) is 22.6 Å². The van der Waals surface area contributed by atoms with Gasteiger partial charge in [0, 0.05) is 17.3 Å². The Bertz CT molecular complexity index is 864. The molecule has 8 heteroatoms. The van der Waals surface area contributed by atoms with Crippen molar-refractivity contribution in [3.05, 3.63) is 65.2 Å². The fourth-order valence-corrected chi connectivity index (χ4v) is 3.55. The highest BCUT2D eigenvalue weighted by molar-refractivity contribution is 7.99. The van der Waals surface area contributed by atoms with Crippen molar-refractivity contribution in [3.8, 4) is 5.75 Å². The molecule has 4 nitrogen and oxygen atoms in total. The van der Waals surface area contributed by atoms with Crippen LogP contribution in [-0.4, -0.2) is 36.1 Å². The lowest BCUT2D eigenvalue weighted by molar-refractivity contribution is -0.139. The molecule has 0 aliphatic rings. The van der Waals surface area contributed by atoms with Gasteiger partial charge in [-0.2, -0.15) is 13.2 Å². The minimum absolute atomic E-state index is 0.217. The number of ether oxygens (including phenoxy) is 2. The molecule has 1 unspecified atom stereocenters. The maximum absolute atomic E-state index is 12.7. The van der Waals surface area contributed by atoms with Crippen molar-refractivity contribution in [2.75, 3.05) is 19.0 Å². The zero-order chi connectivity index (χ0) is 22.1. The van der Waals surface area contributed by atoms with Crippen molar-refractivity contribution >= 4 is 23.8 Å². The van der Waals surface area contributed by atoms with Crippen LogP contribution in [0.25, 0.3) is 6.08 Å². The number of thioether (sulfide) groups is 1. The third-order valence-corrected chi connectivity index (χ3v) is 5.12. The van der Waals surface area contributed by atoms with Crippen LogP contribution in [0.3, 0.4) is 0 Å². The van der Waals surface area contributed by atoms with E-state index in [1.807, 2.05) is 32.1 Å². The fraction of sp³-hybridized carbons (Fsp3) is 0.318. The van der Waals surface area contributed by atoms with Crippen LogP contribution in [0.1, 0.15) is 23.6 Å². The molecule has 2 rings (SSSR count). The molecular formula is C22H23F3O4S. The molecule has 162 valence electrons. The van der Waals surface area contributed by atoms with Crippen LogP contribution in [0.5, 0.6) is 5.75 Å². The molecule has 2 aromatic carbocycles. The SMILES string of the molecule is CCOC(/C=C/c1ccc(C(F)(F)F)cc1)CSc1ccc(OCC(=O)O)c(C)c1. The van der Waals surface area contributed by atoms with Crippen molar-refractivity contribution < 1.29 is 32.5 Å². The number of aliphatic carboxylic acids is 1. The second kappa shape index (κ2) is 11.1. The molecule has 0 saturated carbocycles. The monoisotopic (exact) mass is 440 g/mol. The molecule has 30 heavy (non-hydrogen) atoms. The summed E-state index contributed by atoms with van der Waals surface area (Å²) in [6, 6.07) is 10.4. The Morgan fingerprint density at radius 3 is 2.47 bits per heavy atom. The van der Waals surface area contributed by atoms with Gasteiger partial charge in [0.1, 0.15) is 5.75 Å². The van der Waals surface area contributed by atoms with Crippen LogP contribution in [0, 0.1) is 6.92 Å². The van der Waals surface area contributed by atoms with E-state index in [9.17, 15) is 18.0 Å². The average Bonchev–Trinajstić information content (AvgIpc) is 2.69. The zero-order valence-electron chi connectivity index (χ0n) is 16.6. The van der Waals surface area contributed by atoms with Gasteiger partial charge in [-0.3, -0.25) is 0 Å². The van der Waals surface area contributed by atoms with Crippen LogP contribution < -0.4 is 4.74 Å². The summed E-state index contributed by atoms with van der Waals surface area (Å²) in [5.41, 5.74) is 0.811. The first-order valence-corrected chi connectivity index (χ1v) is 10.2. The van der Waals surface area contributed by atoms with E-state index in [4.69, 9.17) is 14.6 Å². The van der Waals surface area contributed by atoms with Crippen molar-refractivity contribution in [1.29, 1.82) is 0 Å². The number of carbonyl (C=O) groups is 1. The van der Waals surface area contributed by atoms with Crippen LogP contribution in [-0.2, 0) is 15.7 Å². The lowest BCUT2D eigenvalue weighted by atomic mass is 10.1. The summed E-state index contributed by atoms with van der Waals surface area (Å²) < 4.78 is 48.9. The van der Waals surface area contributed by atoms with E-state index in [2.05, 4.69) is 0 Å². The van der Waals surface area contributed by atoms with Gasteiger partial charge in [-0.1, -0.05) is 24.3 Å². The van der Waals surface area contributed by atoms with Gasteiger partial charge in [-0.15, -0.1) is 11.8 Å². The number of hydrogen-bond acceptors (Lipinski definition) is 4. The number of carboxylic acids is 1. The fourth-order valence-electron chi connectivity index (χ4n) is 2.57. The van der Waals surface area contributed by atoms with Crippen LogP contribution in [0.15, 0.2) is 53.4 Å². The van der Waals surface area contributed by atoms with Crippen molar-refractivity contribution in [2.24, 2.45) is 0 Å². The standard InChI is InChI=1S/C22H23F3O4S/c1-3-28-18(9-6-16-4-7-17(8-5-16)22(23,24)25)14-30-19-10-11-20(15(2)12-19)29-13-21(26)27/h4-12,18H,3,13-14H2,1-2H3,(H,26,27)/b9-6+. The molecule has 0 fully saturated rings. The van der Waals surface area contributed by atoms with E-state index in [1.54, 1.807) is 23.9 Å². The number of aryl methyl sites for hydroxylation is 1. The van der Waals surface area contributed by atoms with Gasteiger partial charge in [0.2, 0.25) is 0 Å².